The first-order valence-corrected chi connectivity index (χ1v) is 8.18. The van der Waals surface area contributed by atoms with Crippen LogP contribution in [0.1, 0.15) is 32.1 Å². The van der Waals surface area contributed by atoms with Gasteiger partial charge in [-0.25, -0.2) is 0 Å². The monoisotopic (exact) mass is 294 g/mol. The molecule has 3 aliphatic rings. The molecule has 3 fully saturated rings. The molecular weight excluding hydrogens is 268 g/mol. The highest BCUT2D eigenvalue weighted by molar-refractivity contribution is 5.86. The summed E-state index contributed by atoms with van der Waals surface area (Å²) in [6.45, 7) is 4.77. The normalized spacial score (nSPS) is 28.6. The Hall–Kier alpha value is -1.14. The average Bonchev–Trinajstić information content (AvgIpc) is 3.10. The molecule has 3 aliphatic heterocycles. The topological polar surface area (TPSA) is 69.9 Å². The fourth-order valence-electron chi connectivity index (χ4n) is 3.69. The molecule has 1 unspecified atom stereocenters. The van der Waals surface area contributed by atoms with Gasteiger partial charge in [-0.3, -0.25) is 14.5 Å². The molecule has 3 saturated heterocycles. The van der Waals surface area contributed by atoms with Crippen molar-refractivity contribution in [3.8, 4) is 0 Å². The first-order valence-electron chi connectivity index (χ1n) is 8.18. The molecule has 118 valence electrons. The standard InChI is InChI=1S/C15H26N4O2/c16-12-3-7-17(8-4-12)13-5-9-19(10-13)15(21)11-18-6-1-2-14(18)20/h12-13H,1-11,16H2. The van der Waals surface area contributed by atoms with Crippen molar-refractivity contribution >= 4 is 11.8 Å². The number of amides is 2. The van der Waals surface area contributed by atoms with Crippen LogP contribution in [0.25, 0.3) is 0 Å². The third-order valence-electron chi connectivity index (χ3n) is 5.10. The lowest BCUT2D eigenvalue weighted by molar-refractivity contribution is -0.137. The van der Waals surface area contributed by atoms with Gasteiger partial charge in [-0.05, 0) is 38.8 Å². The summed E-state index contributed by atoms with van der Waals surface area (Å²) in [5.41, 5.74) is 5.95. The Morgan fingerprint density at radius 1 is 1.14 bits per heavy atom. The number of carbonyl (C=O) groups is 2. The summed E-state index contributed by atoms with van der Waals surface area (Å²) < 4.78 is 0. The lowest BCUT2D eigenvalue weighted by atomic mass is 10.0. The van der Waals surface area contributed by atoms with Crippen LogP contribution < -0.4 is 5.73 Å². The summed E-state index contributed by atoms with van der Waals surface area (Å²) in [6, 6.07) is 0.831. The molecule has 0 spiro atoms. The SMILES string of the molecule is NC1CCN(C2CCN(C(=O)CN3CCCC3=O)C2)CC1. The van der Waals surface area contributed by atoms with Gasteiger partial charge in [-0.2, -0.15) is 0 Å². The van der Waals surface area contributed by atoms with Crippen molar-refractivity contribution in [1.29, 1.82) is 0 Å². The third kappa shape index (κ3) is 3.37. The van der Waals surface area contributed by atoms with Gasteiger partial charge in [0.1, 0.15) is 0 Å². The van der Waals surface area contributed by atoms with Crippen LogP contribution in [0, 0.1) is 0 Å². The van der Waals surface area contributed by atoms with Crippen molar-refractivity contribution in [2.24, 2.45) is 5.73 Å². The molecule has 3 rings (SSSR count). The van der Waals surface area contributed by atoms with Crippen molar-refractivity contribution in [2.75, 3.05) is 39.3 Å². The van der Waals surface area contributed by atoms with E-state index in [4.69, 9.17) is 5.73 Å². The highest BCUT2D eigenvalue weighted by Gasteiger charge is 2.33. The van der Waals surface area contributed by atoms with Gasteiger partial charge in [0.2, 0.25) is 11.8 Å². The zero-order valence-corrected chi connectivity index (χ0v) is 12.7. The second-order valence-electron chi connectivity index (χ2n) is 6.57. The van der Waals surface area contributed by atoms with E-state index in [0.717, 1.165) is 58.4 Å². The second-order valence-corrected chi connectivity index (χ2v) is 6.57. The summed E-state index contributed by atoms with van der Waals surface area (Å²) >= 11 is 0. The molecule has 21 heavy (non-hydrogen) atoms. The van der Waals surface area contributed by atoms with E-state index < -0.39 is 0 Å². The summed E-state index contributed by atoms with van der Waals surface area (Å²) in [4.78, 5) is 30.0. The van der Waals surface area contributed by atoms with Gasteiger partial charge in [0.05, 0.1) is 6.54 Å². The van der Waals surface area contributed by atoms with E-state index in [1.54, 1.807) is 4.90 Å². The molecule has 3 heterocycles. The Balaban J connectivity index is 1.47. The number of likely N-dealkylation sites (tertiary alicyclic amines) is 3. The molecule has 6 heteroatoms. The Bertz CT molecular complexity index is 406. The number of nitrogens with zero attached hydrogens (tertiary/aromatic N) is 3. The Kier molecular flexibility index (Phi) is 4.45. The third-order valence-corrected chi connectivity index (χ3v) is 5.10. The number of piperidine rings is 1. The maximum Gasteiger partial charge on any atom is 0.242 e. The van der Waals surface area contributed by atoms with Gasteiger partial charge < -0.3 is 15.5 Å². The summed E-state index contributed by atoms with van der Waals surface area (Å²) in [7, 11) is 0. The first-order chi connectivity index (χ1) is 10.1. The van der Waals surface area contributed by atoms with Crippen molar-refractivity contribution in [2.45, 2.75) is 44.2 Å². The van der Waals surface area contributed by atoms with E-state index in [2.05, 4.69) is 4.90 Å². The highest BCUT2D eigenvalue weighted by atomic mass is 16.2. The first kappa shape index (κ1) is 14.8. The summed E-state index contributed by atoms with van der Waals surface area (Å²) in [6.07, 6.45) is 4.67. The molecule has 1 atom stereocenters. The zero-order valence-electron chi connectivity index (χ0n) is 12.7. The molecule has 0 saturated carbocycles. The summed E-state index contributed by atoms with van der Waals surface area (Å²) in [5, 5.41) is 0. The number of hydrogen-bond donors (Lipinski definition) is 1. The van der Waals surface area contributed by atoms with Gasteiger partial charge in [0.25, 0.3) is 0 Å². The van der Waals surface area contributed by atoms with Gasteiger partial charge in [-0.15, -0.1) is 0 Å². The zero-order chi connectivity index (χ0) is 14.8. The van der Waals surface area contributed by atoms with E-state index in [1.165, 1.54) is 0 Å². The number of carbonyl (C=O) groups excluding carboxylic acids is 2. The highest BCUT2D eigenvalue weighted by Crippen LogP contribution is 2.20. The van der Waals surface area contributed by atoms with E-state index in [9.17, 15) is 9.59 Å². The predicted octanol–water partition coefficient (Wildman–Crippen LogP) is -0.367. The average molecular weight is 294 g/mol. The van der Waals surface area contributed by atoms with Crippen LogP contribution >= 0.6 is 0 Å². The molecule has 0 aromatic rings. The molecule has 0 aromatic heterocycles. The van der Waals surface area contributed by atoms with Crippen LogP contribution in [-0.4, -0.2) is 77.9 Å². The van der Waals surface area contributed by atoms with E-state index in [-0.39, 0.29) is 18.4 Å². The van der Waals surface area contributed by atoms with Crippen LogP contribution in [0.15, 0.2) is 0 Å². The molecule has 2 N–H and O–H groups in total. The Labute approximate surface area is 126 Å². The molecule has 0 aliphatic carbocycles. The molecule has 0 radical (unpaired) electrons. The van der Waals surface area contributed by atoms with Gasteiger partial charge in [0, 0.05) is 38.1 Å². The van der Waals surface area contributed by atoms with E-state index in [1.807, 2.05) is 4.90 Å². The molecule has 2 amide bonds. The van der Waals surface area contributed by atoms with Crippen LogP contribution in [0.4, 0.5) is 0 Å². The lowest BCUT2D eigenvalue weighted by Crippen LogP contribution is -2.47. The van der Waals surface area contributed by atoms with Crippen LogP contribution in [0.2, 0.25) is 0 Å². The van der Waals surface area contributed by atoms with Crippen molar-refractivity contribution in [3.05, 3.63) is 0 Å². The predicted molar refractivity (Wildman–Crippen MR) is 79.6 cm³/mol. The van der Waals surface area contributed by atoms with Gasteiger partial charge >= 0.3 is 0 Å². The van der Waals surface area contributed by atoms with Gasteiger partial charge in [-0.1, -0.05) is 0 Å². The Morgan fingerprint density at radius 3 is 2.57 bits per heavy atom. The largest absolute Gasteiger partial charge is 0.340 e. The quantitative estimate of drug-likeness (QED) is 0.771. The van der Waals surface area contributed by atoms with Crippen molar-refractivity contribution in [3.63, 3.8) is 0 Å². The van der Waals surface area contributed by atoms with Gasteiger partial charge in [0.15, 0.2) is 0 Å². The van der Waals surface area contributed by atoms with E-state index in [0.29, 0.717) is 18.5 Å². The number of rotatable bonds is 3. The minimum Gasteiger partial charge on any atom is -0.340 e. The smallest absolute Gasteiger partial charge is 0.242 e. The molecule has 6 nitrogen and oxygen atoms in total. The van der Waals surface area contributed by atoms with Crippen LogP contribution in [-0.2, 0) is 9.59 Å². The van der Waals surface area contributed by atoms with Crippen molar-refractivity contribution in [1.82, 2.24) is 14.7 Å². The fraction of sp³-hybridized carbons (Fsp3) is 0.867. The minimum absolute atomic E-state index is 0.112. The van der Waals surface area contributed by atoms with Crippen LogP contribution in [0.5, 0.6) is 0 Å². The molecule has 0 bridgehead atoms. The maximum absolute atomic E-state index is 12.3. The fourth-order valence-corrected chi connectivity index (χ4v) is 3.69. The minimum atomic E-state index is 0.112. The molecular formula is C15H26N4O2. The molecule has 0 aromatic carbocycles. The van der Waals surface area contributed by atoms with Crippen LogP contribution in [0.3, 0.4) is 0 Å². The number of nitrogens with two attached hydrogens (primary N) is 1. The number of hydrogen-bond acceptors (Lipinski definition) is 4. The summed E-state index contributed by atoms with van der Waals surface area (Å²) in [5.74, 6) is 0.241. The maximum atomic E-state index is 12.3. The Morgan fingerprint density at radius 2 is 1.90 bits per heavy atom. The van der Waals surface area contributed by atoms with E-state index >= 15 is 0 Å². The second kappa shape index (κ2) is 6.32. The lowest BCUT2D eigenvalue weighted by Gasteiger charge is -2.34. The van der Waals surface area contributed by atoms with Crippen molar-refractivity contribution < 1.29 is 9.59 Å².